The van der Waals surface area contributed by atoms with Gasteiger partial charge in [0, 0.05) is 5.56 Å². The van der Waals surface area contributed by atoms with Crippen molar-refractivity contribution in [1.29, 1.82) is 0 Å². The van der Waals surface area contributed by atoms with Crippen LogP contribution < -0.4 is 25.7 Å². The van der Waals surface area contributed by atoms with Crippen molar-refractivity contribution in [3.05, 3.63) is 82.4 Å². The van der Waals surface area contributed by atoms with Crippen LogP contribution in [-0.4, -0.2) is 63.9 Å². The van der Waals surface area contributed by atoms with Gasteiger partial charge in [0.15, 0.2) is 11.5 Å². The van der Waals surface area contributed by atoms with Gasteiger partial charge in [-0.25, -0.2) is 9.78 Å². The highest BCUT2D eigenvalue weighted by Gasteiger charge is 2.35. The third kappa shape index (κ3) is 6.60. The average molecular weight is 631 g/mol. The van der Waals surface area contributed by atoms with Gasteiger partial charge in [-0.05, 0) is 37.5 Å². The molecule has 14 nitrogen and oxygen atoms in total. The highest BCUT2D eigenvalue weighted by atomic mass is 16.6. The summed E-state index contributed by atoms with van der Waals surface area (Å²) >= 11 is 0. The smallest absolute Gasteiger partial charge is 0.411 e. The molecule has 0 saturated carbocycles. The maximum atomic E-state index is 13.6. The monoisotopic (exact) mass is 630 g/mol. The van der Waals surface area contributed by atoms with E-state index >= 15 is 0 Å². The largest absolute Gasteiger partial charge is 0.486 e. The average Bonchev–Trinajstić information content (AvgIpc) is 3.57. The molecule has 0 saturated heterocycles. The Morgan fingerprint density at radius 2 is 1.74 bits per heavy atom. The van der Waals surface area contributed by atoms with Gasteiger partial charge >= 0.3 is 6.09 Å². The van der Waals surface area contributed by atoms with E-state index in [1.54, 1.807) is 44.2 Å². The first kappa shape index (κ1) is 31.9. The van der Waals surface area contributed by atoms with Gasteiger partial charge in [0.1, 0.15) is 31.3 Å². The zero-order valence-electron chi connectivity index (χ0n) is 26.0. The van der Waals surface area contributed by atoms with Gasteiger partial charge in [-0.2, -0.15) is 0 Å². The Kier molecular flexibility index (Phi) is 9.16. The number of amides is 2. The normalized spacial score (nSPS) is 13.2. The summed E-state index contributed by atoms with van der Waals surface area (Å²) in [5, 5.41) is 13.2. The molecule has 1 atom stereocenters. The maximum absolute atomic E-state index is 13.6. The Morgan fingerprint density at radius 3 is 2.43 bits per heavy atom. The molecule has 5 rings (SSSR count). The molecule has 240 valence electrons. The van der Waals surface area contributed by atoms with E-state index in [0.717, 1.165) is 17.2 Å². The van der Waals surface area contributed by atoms with Gasteiger partial charge in [0.05, 0.1) is 24.8 Å². The van der Waals surface area contributed by atoms with E-state index in [0.29, 0.717) is 30.3 Å². The van der Waals surface area contributed by atoms with Crippen molar-refractivity contribution in [1.82, 2.24) is 25.1 Å². The highest BCUT2D eigenvalue weighted by molar-refractivity contribution is 5.98. The fourth-order valence-corrected chi connectivity index (χ4v) is 4.86. The number of hydrogen-bond acceptors (Lipinski definition) is 11. The summed E-state index contributed by atoms with van der Waals surface area (Å²) in [5.74, 6) is -0.265. The number of Topliss-reactive ketones (excluding diaryl/α,β-unsaturated/α-hetero) is 1. The van der Waals surface area contributed by atoms with Crippen molar-refractivity contribution in [3.8, 4) is 22.9 Å². The molecule has 0 unspecified atom stereocenters. The second-order valence-electron chi connectivity index (χ2n) is 11.4. The first-order valence-electron chi connectivity index (χ1n) is 14.6. The summed E-state index contributed by atoms with van der Waals surface area (Å²) in [4.78, 5) is 56.5. The van der Waals surface area contributed by atoms with Crippen LogP contribution in [0.1, 0.15) is 49.8 Å². The minimum atomic E-state index is -1.06. The molecule has 0 aliphatic carbocycles. The number of carbonyl (C=O) groups is 3. The molecule has 2 amide bonds. The lowest BCUT2D eigenvalue weighted by Gasteiger charge is -2.24. The second kappa shape index (κ2) is 13.2. The number of hydrogen-bond donors (Lipinski definition) is 2. The Labute approximate surface area is 264 Å². The van der Waals surface area contributed by atoms with Crippen LogP contribution in [0.5, 0.6) is 11.5 Å². The van der Waals surface area contributed by atoms with Crippen molar-refractivity contribution < 1.29 is 33.0 Å². The molecule has 3 heterocycles. The number of benzene rings is 2. The van der Waals surface area contributed by atoms with Crippen molar-refractivity contribution in [2.45, 2.75) is 45.7 Å². The third-order valence-electron chi connectivity index (χ3n) is 7.50. The molecule has 1 aliphatic heterocycles. The van der Waals surface area contributed by atoms with E-state index in [9.17, 15) is 19.2 Å². The van der Waals surface area contributed by atoms with E-state index in [4.69, 9.17) is 13.9 Å². The van der Waals surface area contributed by atoms with E-state index in [1.807, 2.05) is 32.0 Å². The zero-order valence-corrected chi connectivity index (χ0v) is 26.0. The number of methoxy groups -OCH3 is 1. The first-order valence-corrected chi connectivity index (χ1v) is 14.6. The topological polar surface area (TPSA) is 177 Å². The van der Waals surface area contributed by atoms with Crippen molar-refractivity contribution in [3.63, 3.8) is 0 Å². The second-order valence-corrected chi connectivity index (χ2v) is 11.4. The minimum absolute atomic E-state index is 0.185. The van der Waals surface area contributed by atoms with Gasteiger partial charge in [0.25, 0.3) is 11.4 Å². The summed E-state index contributed by atoms with van der Waals surface area (Å²) in [6.45, 7) is 7.66. The Bertz CT molecular complexity index is 1810. The number of fused-ring (bicyclic) bond motifs is 1. The molecule has 14 heteroatoms. The zero-order chi connectivity index (χ0) is 33.0. The van der Waals surface area contributed by atoms with Crippen LogP contribution in [0, 0.1) is 5.92 Å². The third-order valence-corrected chi connectivity index (χ3v) is 7.50. The molecule has 0 radical (unpaired) electrons. The van der Waals surface area contributed by atoms with Gasteiger partial charge in [-0.1, -0.05) is 50.2 Å². The van der Waals surface area contributed by atoms with Crippen LogP contribution in [0.15, 0.2) is 63.9 Å². The number of ether oxygens (including phenoxy) is 3. The standard InChI is InChI=1S/C32H34N6O8/c1-18(2)25(26(40)28-36-37-30(46-28)32(3,4)20-11-12-22-23(15-20)45-14-13-44-22)35-24(39)17-38-27(19-9-7-6-8-10-19)33-16-21(29(38)41)34-31(42)43-5/h6-12,15-16,18,25H,13-14,17H2,1-5H3,(H,34,42)(H,35,39)/t25-/m0/s1. The van der Waals surface area contributed by atoms with Crippen LogP contribution in [0.2, 0.25) is 0 Å². The molecule has 0 bridgehead atoms. The molecule has 4 aromatic rings. The number of carbonyl (C=O) groups excluding carboxylic acids is 3. The van der Waals surface area contributed by atoms with Crippen molar-refractivity contribution in [2.75, 3.05) is 25.6 Å². The van der Waals surface area contributed by atoms with Gasteiger partial charge in [-0.15, -0.1) is 10.2 Å². The van der Waals surface area contributed by atoms with E-state index < -0.39 is 41.3 Å². The molecular formula is C32H34N6O8. The van der Waals surface area contributed by atoms with Crippen LogP contribution >= 0.6 is 0 Å². The summed E-state index contributed by atoms with van der Waals surface area (Å²) in [6, 6.07) is 13.2. The fraction of sp³-hybridized carbons (Fsp3) is 0.344. The lowest BCUT2D eigenvalue weighted by molar-refractivity contribution is -0.122. The van der Waals surface area contributed by atoms with Crippen LogP contribution in [0.25, 0.3) is 11.4 Å². The van der Waals surface area contributed by atoms with Crippen LogP contribution in [0.4, 0.5) is 10.5 Å². The minimum Gasteiger partial charge on any atom is -0.486 e. The van der Waals surface area contributed by atoms with Gasteiger partial charge < -0.3 is 23.9 Å². The SMILES string of the molecule is COC(=O)Nc1cnc(-c2ccccc2)n(CC(=O)N[C@H](C(=O)c2nnc(C(C)(C)c3ccc4c(c3)OCCO4)o2)C(C)C)c1=O. The summed E-state index contributed by atoms with van der Waals surface area (Å²) < 4.78 is 22.9. The number of nitrogens with zero attached hydrogens (tertiary/aromatic N) is 4. The molecule has 0 spiro atoms. The van der Waals surface area contributed by atoms with Crippen molar-refractivity contribution >= 4 is 23.5 Å². The molecule has 46 heavy (non-hydrogen) atoms. The number of aromatic nitrogens is 4. The van der Waals surface area contributed by atoms with E-state index in [1.165, 1.54) is 6.20 Å². The summed E-state index contributed by atoms with van der Waals surface area (Å²) in [6.07, 6.45) is 0.319. The van der Waals surface area contributed by atoms with E-state index in [2.05, 4.69) is 30.6 Å². The highest BCUT2D eigenvalue weighted by Crippen LogP contribution is 2.38. The predicted molar refractivity (Wildman–Crippen MR) is 165 cm³/mol. The maximum Gasteiger partial charge on any atom is 0.411 e. The Hall–Kier alpha value is -5.53. The first-order chi connectivity index (χ1) is 22.0. The summed E-state index contributed by atoms with van der Waals surface area (Å²) in [7, 11) is 1.15. The van der Waals surface area contributed by atoms with Crippen LogP contribution in [0.3, 0.4) is 0 Å². The predicted octanol–water partition coefficient (Wildman–Crippen LogP) is 3.59. The fourth-order valence-electron chi connectivity index (χ4n) is 4.86. The molecule has 1 aliphatic rings. The van der Waals surface area contributed by atoms with E-state index in [-0.39, 0.29) is 29.2 Å². The quantitative estimate of drug-likeness (QED) is 0.245. The number of anilines is 1. The number of nitrogens with one attached hydrogen (secondary N) is 2. The Balaban J connectivity index is 1.37. The van der Waals surface area contributed by atoms with Gasteiger partial charge in [0.2, 0.25) is 17.6 Å². The Morgan fingerprint density at radius 1 is 1.02 bits per heavy atom. The van der Waals surface area contributed by atoms with Crippen LogP contribution in [-0.2, 0) is 21.5 Å². The summed E-state index contributed by atoms with van der Waals surface area (Å²) in [5.41, 5.74) is -0.291. The number of rotatable bonds is 10. The lowest BCUT2D eigenvalue weighted by atomic mass is 9.84. The van der Waals surface area contributed by atoms with Crippen molar-refractivity contribution in [2.24, 2.45) is 5.92 Å². The lowest BCUT2D eigenvalue weighted by Crippen LogP contribution is -2.46. The molecular weight excluding hydrogens is 596 g/mol. The molecule has 0 fully saturated rings. The molecule has 2 aromatic heterocycles. The molecule has 2 aromatic carbocycles. The number of ketones is 1. The molecule has 2 N–H and O–H groups in total. The van der Waals surface area contributed by atoms with Gasteiger partial charge in [-0.3, -0.25) is 24.3 Å².